The van der Waals surface area contributed by atoms with E-state index in [4.69, 9.17) is 5.84 Å². The number of aromatic nitrogens is 1. The van der Waals surface area contributed by atoms with E-state index in [1.54, 1.807) is 11.7 Å². The molecule has 0 radical (unpaired) electrons. The number of nitrogens with zero attached hydrogens (tertiary/aromatic N) is 1. The molecule has 0 aliphatic carbocycles. The second-order valence-electron chi connectivity index (χ2n) is 3.60. The normalized spacial score (nSPS) is 12.7. The highest BCUT2D eigenvalue weighted by Crippen LogP contribution is 2.28. The number of benzene rings is 1. The summed E-state index contributed by atoms with van der Waals surface area (Å²) in [6.45, 7) is 1.51. The molecule has 1 atom stereocenters. The van der Waals surface area contributed by atoms with Crippen LogP contribution in [0.1, 0.15) is 22.0 Å². The minimum atomic E-state index is -0.874. The van der Waals surface area contributed by atoms with Crippen LogP contribution in [0.25, 0.3) is 0 Å². The van der Waals surface area contributed by atoms with Gasteiger partial charge in [-0.15, -0.1) is 11.3 Å². The van der Waals surface area contributed by atoms with Gasteiger partial charge in [0.1, 0.15) is 0 Å². The second-order valence-corrected chi connectivity index (χ2v) is 4.52. The average molecular weight is 255 g/mol. The third kappa shape index (κ3) is 2.19. The standard InChI is InChI=1S/C11H11F2N3S/c1-6-2-3-7(10(13)9(6)12)11(16-14)8-4-15-5-17-8/h2-5,11,16H,14H2,1H3. The van der Waals surface area contributed by atoms with Gasteiger partial charge in [-0.2, -0.15) is 0 Å². The largest absolute Gasteiger partial charge is 0.271 e. The average Bonchev–Trinajstić information content (AvgIpc) is 2.84. The number of nitrogens with one attached hydrogen (secondary N) is 1. The molecule has 1 unspecified atom stereocenters. The zero-order valence-corrected chi connectivity index (χ0v) is 9.89. The fourth-order valence-electron chi connectivity index (χ4n) is 1.58. The van der Waals surface area contributed by atoms with Crippen LogP contribution in [0.2, 0.25) is 0 Å². The van der Waals surface area contributed by atoms with Gasteiger partial charge in [0.2, 0.25) is 0 Å². The summed E-state index contributed by atoms with van der Waals surface area (Å²) >= 11 is 1.33. The number of halogens is 2. The summed E-state index contributed by atoms with van der Waals surface area (Å²) < 4.78 is 27.3. The first-order chi connectivity index (χ1) is 8.15. The van der Waals surface area contributed by atoms with Crippen molar-refractivity contribution < 1.29 is 8.78 Å². The molecule has 0 bridgehead atoms. The van der Waals surface area contributed by atoms with E-state index in [9.17, 15) is 8.78 Å². The van der Waals surface area contributed by atoms with Crippen molar-refractivity contribution in [2.75, 3.05) is 0 Å². The van der Waals surface area contributed by atoms with Crippen molar-refractivity contribution >= 4 is 11.3 Å². The van der Waals surface area contributed by atoms with Crippen molar-refractivity contribution in [3.63, 3.8) is 0 Å². The Morgan fingerprint density at radius 1 is 1.35 bits per heavy atom. The van der Waals surface area contributed by atoms with Gasteiger partial charge in [-0.25, -0.2) is 14.2 Å². The number of hydrazine groups is 1. The van der Waals surface area contributed by atoms with Crippen LogP contribution < -0.4 is 11.3 Å². The fourth-order valence-corrected chi connectivity index (χ4v) is 2.27. The van der Waals surface area contributed by atoms with Gasteiger partial charge >= 0.3 is 0 Å². The van der Waals surface area contributed by atoms with Crippen molar-refractivity contribution in [2.24, 2.45) is 5.84 Å². The number of thiazole rings is 1. The highest BCUT2D eigenvalue weighted by atomic mass is 32.1. The first-order valence-corrected chi connectivity index (χ1v) is 5.82. The molecular formula is C11H11F2N3S. The van der Waals surface area contributed by atoms with E-state index in [2.05, 4.69) is 10.4 Å². The van der Waals surface area contributed by atoms with Gasteiger partial charge in [0.15, 0.2) is 11.6 Å². The Morgan fingerprint density at radius 2 is 2.12 bits per heavy atom. The Kier molecular flexibility index (Phi) is 3.46. The fraction of sp³-hybridized carbons (Fsp3) is 0.182. The number of rotatable bonds is 3. The molecule has 1 heterocycles. The summed E-state index contributed by atoms with van der Waals surface area (Å²) in [5.41, 5.74) is 4.54. The summed E-state index contributed by atoms with van der Waals surface area (Å²) in [6.07, 6.45) is 1.58. The zero-order valence-electron chi connectivity index (χ0n) is 9.08. The van der Waals surface area contributed by atoms with Crippen molar-refractivity contribution in [1.29, 1.82) is 0 Å². The monoisotopic (exact) mass is 255 g/mol. The van der Waals surface area contributed by atoms with Crippen LogP contribution in [-0.2, 0) is 0 Å². The third-order valence-corrected chi connectivity index (χ3v) is 3.36. The molecule has 0 fully saturated rings. The SMILES string of the molecule is Cc1ccc(C(NN)c2cncs2)c(F)c1F. The summed E-state index contributed by atoms with van der Waals surface area (Å²) in [5, 5.41) is 0. The van der Waals surface area contributed by atoms with E-state index < -0.39 is 17.7 Å². The van der Waals surface area contributed by atoms with Crippen LogP contribution >= 0.6 is 11.3 Å². The lowest BCUT2D eigenvalue weighted by atomic mass is 10.0. The van der Waals surface area contributed by atoms with Crippen LogP contribution in [0.5, 0.6) is 0 Å². The Hall–Kier alpha value is -1.37. The molecular weight excluding hydrogens is 244 g/mol. The molecule has 0 aliphatic heterocycles. The molecule has 90 valence electrons. The summed E-state index contributed by atoms with van der Waals surface area (Å²) in [7, 11) is 0. The number of hydrogen-bond donors (Lipinski definition) is 2. The van der Waals surface area contributed by atoms with Crippen LogP contribution in [0.15, 0.2) is 23.8 Å². The van der Waals surface area contributed by atoms with Gasteiger partial charge in [-0.05, 0) is 12.5 Å². The number of aryl methyl sites for hydroxylation is 1. The lowest BCUT2D eigenvalue weighted by molar-refractivity contribution is 0.479. The van der Waals surface area contributed by atoms with Crippen LogP contribution in [0.4, 0.5) is 8.78 Å². The van der Waals surface area contributed by atoms with Gasteiger partial charge in [-0.1, -0.05) is 12.1 Å². The minimum Gasteiger partial charge on any atom is -0.271 e. The zero-order chi connectivity index (χ0) is 12.4. The van der Waals surface area contributed by atoms with Crippen molar-refractivity contribution in [2.45, 2.75) is 13.0 Å². The molecule has 17 heavy (non-hydrogen) atoms. The molecule has 2 aromatic rings. The highest BCUT2D eigenvalue weighted by Gasteiger charge is 2.21. The summed E-state index contributed by atoms with van der Waals surface area (Å²) in [6, 6.07) is 2.47. The number of hydrogen-bond acceptors (Lipinski definition) is 4. The third-order valence-electron chi connectivity index (χ3n) is 2.52. The maximum Gasteiger partial charge on any atom is 0.164 e. The molecule has 0 saturated heterocycles. The summed E-state index contributed by atoms with van der Waals surface area (Å²) in [4.78, 5) is 4.62. The lowest BCUT2D eigenvalue weighted by Gasteiger charge is -2.15. The molecule has 0 spiro atoms. The highest BCUT2D eigenvalue weighted by molar-refractivity contribution is 7.09. The van der Waals surface area contributed by atoms with Crippen molar-refractivity contribution in [3.8, 4) is 0 Å². The van der Waals surface area contributed by atoms with Crippen LogP contribution in [-0.4, -0.2) is 4.98 Å². The first kappa shape index (κ1) is 12.1. The van der Waals surface area contributed by atoms with Crippen molar-refractivity contribution in [3.05, 3.63) is 51.5 Å². The Balaban J connectivity index is 2.49. The summed E-state index contributed by atoms with van der Waals surface area (Å²) in [5.74, 6) is 3.68. The molecule has 0 aliphatic rings. The second kappa shape index (κ2) is 4.87. The predicted octanol–water partition coefficient (Wildman–Crippen LogP) is 2.28. The van der Waals surface area contributed by atoms with E-state index in [0.717, 1.165) is 4.88 Å². The van der Waals surface area contributed by atoms with Gasteiger partial charge in [0.25, 0.3) is 0 Å². The topological polar surface area (TPSA) is 50.9 Å². The van der Waals surface area contributed by atoms with Gasteiger partial charge in [-0.3, -0.25) is 10.8 Å². The first-order valence-electron chi connectivity index (χ1n) is 4.94. The molecule has 0 amide bonds. The quantitative estimate of drug-likeness (QED) is 0.653. The Labute approximate surface area is 101 Å². The van der Waals surface area contributed by atoms with E-state index in [-0.39, 0.29) is 11.1 Å². The van der Waals surface area contributed by atoms with E-state index in [1.165, 1.54) is 30.4 Å². The molecule has 6 heteroatoms. The predicted molar refractivity (Wildman–Crippen MR) is 62.4 cm³/mol. The van der Waals surface area contributed by atoms with Crippen LogP contribution in [0, 0.1) is 18.6 Å². The molecule has 3 nitrogen and oxygen atoms in total. The maximum atomic E-state index is 13.8. The van der Waals surface area contributed by atoms with Gasteiger partial charge < -0.3 is 0 Å². The Bertz CT molecular complexity index is 514. The lowest BCUT2D eigenvalue weighted by Crippen LogP contribution is -2.29. The van der Waals surface area contributed by atoms with Crippen LogP contribution in [0.3, 0.4) is 0 Å². The molecule has 1 aromatic heterocycles. The van der Waals surface area contributed by atoms with E-state index in [1.807, 2.05) is 0 Å². The van der Waals surface area contributed by atoms with Gasteiger partial charge in [0, 0.05) is 16.6 Å². The molecule has 2 rings (SSSR count). The van der Waals surface area contributed by atoms with E-state index in [0.29, 0.717) is 0 Å². The molecule has 3 N–H and O–H groups in total. The maximum absolute atomic E-state index is 13.8. The minimum absolute atomic E-state index is 0.180. The smallest absolute Gasteiger partial charge is 0.164 e. The molecule has 1 aromatic carbocycles. The Morgan fingerprint density at radius 3 is 2.71 bits per heavy atom. The van der Waals surface area contributed by atoms with Gasteiger partial charge in [0.05, 0.1) is 11.6 Å². The van der Waals surface area contributed by atoms with Crippen molar-refractivity contribution in [1.82, 2.24) is 10.4 Å². The van der Waals surface area contributed by atoms with E-state index >= 15 is 0 Å². The number of nitrogens with two attached hydrogens (primary N) is 1. The molecule has 0 saturated carbocycles.